The molecule has 0 aliphatic carbocycles. The van der Waals surface area contributed by atoms with Crippen LogP contribution in [0.25, 0.3) is 32.3 Å². The lowest BCUT2D eigenvalue weighted by Gasteiger charge is -2.12. The molecule has 0 aliphatic heterocycles. The monoisotopic (exact) mass is 428 g/mol. The molecular formula is C20H14Br2O. The van der Waals surface area contributed by atoms with Crippen LogP contribution >= 0.6 is 31.9 Å². The standard InChI is InChI=1S/C20H14Br2O/c1-11-3-5-13-15(7-11)17-9-20(22)14-6-4-12(23-2)8-16(14)18(17)10-19(13)21/h3-10H,1-2H3. The Balaban J connectivity index is 2.28. The zero-order chi connectivity index (χ0) is 16.1. The topological polar surface area (TPSA) is 9.23 Å². The molecule has 0 saturated heterocycles. The van der Waals surface area contributed by atoms with E-state index in [4.69, 9.17) is 4.74 Å². The van der Waals surface area contributed by atoms with E-state index >= 15 is 0 Å². The molecule has 1 nitrogen and oxygen atoms in total. The van der Waals surface area contributed by atoms with E-state index in [1.165, 1.54) is 37.9 Å². The van der Waals surface area contributed by atoms with Crippen LogP contribution < -0.4 is 4.74 Å². The van der Waals surface area contributed by atoms with Crippen molar-refractivity contribution in [2.45, 2.75) is 6.92 Å². The largest absolute Gasteiger partial charge is 0.497 e. The summed E-state index contributed by atoms with van der Waals surface area (Å²) < 4.78 is 7.64. The van der Waals surface area contributed by atoms with Gasteiger partial charge in [-0.05, 0) is 69.6 Å². The summed E-state index contributed by atoms with van der Waals surface area (Å²) >= 11 is 7.47. The molecule has 4 aromatic carbocycles. The SMILES string of the molecule is COc1ccc2c(Br)cc3c4cc(C)ccc4c(Br)cc3c2c1. The Morgan fingerprint density at radius 3 is 1.78 bits per heavy atom. The van der Waals surface area contributed by atoms with Gasteiger partial charge in [0, 0.05) is 8.95 Å². The third-order valence-corrected chi connectivity index (χ3v) is 5.64. The van der Waals surface area contributed by atoms with E-state index in [0.717, 1.165) is 14.7 Å². The van der Waals surface area contributed by atoms with Gasteiger partial charge in [-0.3, -0.25) is 0 Å². The maximum absolute atomic E-state index is 5.42. The summed E-state index contributed by atoms with van der Waals surface area (Å²) in [4.78, 5) is 0. The van der Waals surface area contributed by atoms with Gasteiger partial charge in [0.25, 0.3) is 0 Å². The van der Waals surface area contributed by atoms with Crippen LogP contribution in [-0.2, 0) is 0 Å². The van der Waals surface area contributed by atoms with Crippen LogP contribution in [0.15, 0.2) is 57.5 Å². The lowest BCUT2D eigenvalue weighted by Crippen LogP contribution is -1.87. The zero-order valence-electron chi connectivity index (χ0n) is 12.8. The van der Waals surface area contributed by atoms with Crippen LogP contribution in [0.2, 0.25) is 0 Å². The number of rotatable bonds is 1. The molecule has 0 spiro atoms. The first kappa shape index (κ1) is 15.0. The molecule has 0 fully saturated rings. The van der Waals surface area contributed by atoms with Crippen LogP contribution in [0.1, 0.15) is 5.56 Å². The molecule has 3 heteroatoms. The molecule has 0 amide bonds. The lowest BCUT2D eigenvalue weighted by molar-refractivity contribution is 0.415. The predicted molar refractivity (Wildman–Crippen MR) is 106 cm³/mol. The summed E-state index contributed by atoms with van der Waals surface area (Å²) in [5.74, 6) is 0.873. The van der Waals surface area contributed by atoms with Crippen molar-refractivity contribution in [2.75, 3.05) is 7.11 Å². The van der Waals surface area contributed by atoms with Gasteiger partial charge < -0.3 is 4.74 Å². The van der Waals surface area contributed by atoms with Crippen molar-refractivity contribution in [3.8, 4) is 5.75 Å². The summed E-state index contributed by atoms with van der Waals surface area (Å²) in [7, 11) is 1.70. The van der Waals surface area contributed by atoms with Crippen molar-refractivity contribution >= 4 is 64.2 Å². The highest BCUT2D eigenvalue weighted by molar-refractivity contribution is 9.11. The number of benzene rings is 4. The van der Waals surface area contributed by atoms with Gasteiger partial charge in [0.1, 0.15) is 5.75 Å². The fourth-order valence-electron chi connectivity index (χ4n) is 3.18. The van der Waals surface area contributed by atoms with E-state index < -0.39 is 0 Å². The van der Waals surface area contributed by atoms with Gasteiger partial charge in [-0.15, -0.1) is 0 Å². The molecule has 0 N–H and O–H groups in total. The smallest absolute Gasteiger partial charge is 0.119 e. The van der Waals surface area contributed by atoms with E-state index in [2.05, 4.69) is 81.2 Å². The van der Waals surface area contributed by atoms with Crippen molar-refractivity contribution in [3.05, 3.63) is 63.0 Å². The van der Waals surface area contributed by atoms with Crippen LogP contribution in [0, 0.1) is 6.92 Å². The van der Waals surface area contributed by atoms with Gasteiger partial charge in [-0.1, -0.05) is 55.6 Å². The second kappa shape index (κ2) is 5.50. The Labute approximate surface area is 151 Å². The third kappa shape index (κ3) is 2.34. The predicted octanol–water partition coefficient (Wildman–Crippen LogP) is 6.99. The lowest BCUT2D eigenvalue weighted by atomic mass is 9.96. The third-order valence-electron chi connectivity index (χ3n) is 4.33. The first-order valence-electron chi connectivity index (χ1n) is 7.37. The maximum Gasteiger partial charge on any atom is 0.119 e. The van der Waals surface area contributed by atoms with Gasteiger partial charge in [0.15, 0.2) is 0 Å². The molecule has 23 heavy (non-hydrogen) atoms. The van der Waals surface area contributed by atoms with Gasteiger partial charge in [0.05, 0.1) is 7.11 Å². The normalized spacial score (nSPS) is 11.5. The zero-order valence-corrected chi connectivity index (χ0v) is 16.0. The van der Waals surface area contributed by atoms with Crippen molar-refractivity contribution in [2.24, 2.45) is 0 Å². The Kier molecular flexibility index (Phi) is 3.58. The van der Waals surface area contributed by atoms with E-state index in [-0.39, 0.29) is 0 Å². The molecule has 114 valence electrons. The molecule has 0 aromatic heterocycles. The quantitative estimate of drug-likeness (QED) is 0.296. The van der Waals surface area contributed by atoms with Crippen molar-refractivity contribution in [1.29, 1.82) is 0 Å². The molecule has 0 unspecified atom stereocenters. The molecule has 0 heterocycles. The first-order chi connectivity index (χ1) is 11.1. The summed E-state index contributed by atoms with van der Waals surface area (Å²) in [6.45, 7) is 2.13. The first-order valence-corrected chi connectivity index (χ1v) is 8.96. The van der Waals surface area contributed by atoms with E-state index in [1.54, 1.807) is 7.11 Å². The summed E-state index contributed by atoms with van der Waals surface area (Å²) in [6, 6.07) is 17.2. The molecule has 0 aliphatic rings. The average molecular weight is 430 g/mol. The Hall–Kier alpha value is -1.58. The molecule has 0 radical (unpaired) electrons. The summed E-state index contributed by atoms with van der Waals surface area (Å²) in [5.41, 5.74) is 1.26. The van der Waals surface area contributed by atoms with Crippen LogP contribution in [-0.4, -0.2) is 7.11 Å². The minimum atomic E-state index is 0.873. The Bertz CT molecular complexity index is 1080. The number of methoxy groups -OCH3 is 1. The van der Waals surface area contributed by atoms with Gasteiger partial charge in [0.2, 0.25) is 0 Å². The number of halogens is 2. The molecule has 0 atom stereocenters. The van der Waals surface area contributed by atoms with Gasteiger partial charge in [-0.25, -0.2) is 0 Å². The van der Waals surface area contributed by atoms with Crippen molar-refractivity contribution in [3.63, 3.8) is 0 Å². The maximum atomic E-state index is 5.42. The van der Waals surface area contributed by atoms with Crippen molar-refractivity contribution < 1.29 is 4.74 Å². The minimum Gasteiger partial charge on any atom is -0.497 e. The van der Waals surface area contributed by atoms with Crippen LogP contribution in [0.4, 0.5) is 0 Å². The van der Waals surface area contributed by atoms with Crippen LogP contribution in [0.5, 0.6) is 5.75 Å². The number of fused-ring (bicyclic) bond motifs is 5. The molecular weight excluding hydrogens is 416 g/mol. The fraction of sp³-hybridized carbons (Fsp3) is 0.100. The Morgan fingerprint density at radius 2 is 1.17 bits per heavy atom. The number of ether oxygens (including phenoxy) is 1. The Morgan fingerprint density at radius 1 is 0.652 bits per heavy atom. The molecule has 0 saturated carbocycles. The van der Waals surface area contributed by atoms with Crippen LogP contribution in [0.3, 0.4) is 0 Å². The number of hydrogen-bond donors (Lipinski definition) is 0. The second-order valence-electron chi connectivity index (χ2n) is 5.77. The highest BCUT2D eigenvalue weighted by Crippen LogP contribution is 2.40. The van der Waals surface area contributed by atoms with Gasteiger partial charge >= 0.3 is 0 Å². The average Bonchev–Trinajstić information content (AvgIpc) is 2.56. The van der Waals surface area contributed by atoms with E-state index in [1.807, 2.05) is 6.07 Å². The van der Waals surface area contributed by atoms with Gasteiger partial charge in [-0.2, -0.15) is 0 Å². The summed E-state index contributed by atoms with van der Waals surface area (Å²) in [6.07, 6.45) is 0. The highest BCUT2D eigenvalue weighted by Gasteiger charge is 2.11. The molecule has 4 rings (SSSR count). The van der Waals surface area contributed by atoms with Crippen molar-refractivity contribution in [1.82, 2.24) is 0 Å². The molecule has 0 bridgehead atoms. The van der Waals surface area contributed by atoms with E-state index in [9.17, 15) is 0 Å². The minimum absolute atomic E-state index is 0.873. The number of hydrogen-bond acceptors (Lipinski definition) is 1. The number of aryl methyl sites for hydroxylation is 1. The second-order valence-corrected chi connectivity index (χ2v) is 7.48. The highest BCUT2D eigenvalue weighted by atomic mass is 79.9. The molecule has 4 aromatic rings. The summed E-state index contributed by atoms with van der Waals surface area (Å²) in [5, 5.41) is 7.36. The van der Waals surface area contributed by atoms with E-state index in [0.29, 0.717) is 0 Å². The fourth-order valence-corrected chi connectivity index (χ4v) is 4.33.